The van der Waals surface area contributed by atoms with E-state index in [9.17, 15) is 9.59 Å². The second kappa shape index (κ2) is 6.84. The Morgan fingerprint density at radius 3 is 2.37 bits per heavy atom. The Balaban J connectivity index is 2.66. The molecule has 1 aromatic carbocycles. The first-order valence-corrected chi connectivity index (χ1v) is 6.15. The molecule has 3 N–H and O–H groups in total. The molecule has 1 amide bonds. The van der Waals surface area contributed by atoms with Crippen LogP contribution in [-0.4, -0.2) is 40.5 Å². The van der Waals surface area contributed by atoms with Crippen LogP contribution in [0.15, 0.2) is 24.3 Å². The van der Waals surface area contributed by atoms with Gasteiger partial charge in [-0.2, -0.15) is 0 Å². The van der Waals surface area contributed by atoms with E-state index in [1.807, 2.05) is 0 Å². The number of carbonyl (C=O) groups excluding carboxylic acids is 1. The molecule has 102 valence electrons. The number of hydrogen-bond donors (Lipinski definition) is 2. The molecule has 1 rings (SSSR count). The molecule has 19 heavy (non-hydrogen) atoms. The Hall–Kier alpha value is -1.95. The van der Waals surface area contributed by atoms with Crippen molar-refractivity contribution >= 4 is 29.1 Å². The molecule has 0 atom stereocenters. The van der Waals surface area contributed by atoms with Gasteiger partial charge in [0.05, 0.1) is 11.4 Å². The first-order chi connectivity index (χ1) is 8.90. The van der Waals surface area contributed by atoms with Crippen LogP contribution in [0.3, 0.4) is 0 Å². The first kappa shape index (κ1) is 15.1. The Kier molecular flexibility index (Phi) is 5.44. The van der Waals surface area contributed by atoms with Crippen molar-refractivity contribution in [2.24, 2.45) is 5.73 Å². The van der Waals surface area contributed by atoms with Gasteiger partial charge in [-0.25, -0.2) is 0 Å². The van der Waals surface area contributed by atoms with Gasteiger partial charge in [0.15, 0.2) is 0 Å². The van der Waals surface area contributed by atoms with Crippen molar-refractivity contribution < 1.29 is 14.7 Å². The third-order valence-corrected chi connectivity index (χ3v) is 2.73. The molecular weight excluding hydrogens is 264 g/mol. The molecule has 6 heteroatoms. The second-order valence-corrected chi connectivity index (χ2v) is 4.73. The minimum absolute atomic E-state index is 0.0677. The SMILES string of the molecule is CN(CCC(=O)O)C(=O)c1ccc(CC(N)=S)cc1. The summed E-state index contributed by atoms with van der Waals surface area (Å²) in [6, 6.07) is 6.95. The summed E-state index contributed by atoms with van der Waals surface area (Å²) in [6.07, 6.45) is 0.431. The monoisotopic (exact) mass is 280 g/mol. The number of carboxylic acid groups (broad SMARTS) is 1. The van der Waals surface area contributed by atoms with Gasteiger partial charge in [-0.05, 0) is 17.7 Å². The summed E-state index contributed by atoms with van der Waals surface area (Å²) in [6.45, 7) is 0.183. The van der Waals surface area contributed by atoms with Crippen molar-refractivity contribution in [3.8, 4) is 0 Å². The summed E-state index contributed by atoms with van der Waals surface area (Å²) < 4.78 is 0. The highest BCUT2D eigenvalue weighted by molar-refractivity contribution is 7.80. The zero-order chi connectivity index (χ0) is 14.4. The third-order valence-electron chi connectivity index (χ3n) is 2.59. The lowest BCUT2D eigenvalue weighted by atomic mass is 10.1. The van der Waals surface area contributed by atoms with Gasteiger partial charge in [-0.3, -0.25) is 9.59 Å². The zero-order valence-corrected chi connectivity index (χ0v) is 11.4. The second-order valence-electron chi connectivity index (χ2n) is 4.21. The van der Waals surface area contributed by atoms with Crippen molar-refractivity contribution in [3.63, 3.8) is 0 Å². The molecular formula is C13H16N2O3S. The van der Waals surface area contributed by atoms with Crippen LogP contribution in [0.2, 0.25) is 0 Å². The van der Waals surface area contributed by atoms with Crippen LogP contribution in [0.4, 0.5) is 0 Å². The molecule has 0 fully saturated rings. The van der Waals surface area contributed by atoms with Crippen LogP contribution in [0.25, 0.3) is 0 Å². The van der Waals surface area contributed by atoms with Gasteiger partial charge in [0.1, 0.15) is 0 Å². The normalized spacial score (nSPS) is 9.95. The molecule has 1 aromatic rings. The molecule has 0 radical (unpaired) electrons. The highest BCUT2D eigenvalue weighted by Crippen LogP contribution is 2.08. The van der Waals surface area contributed by atoms with Crippen LogP contribution in [0.5, 0.6) is 0 Å². The molecule has 0 spiro atoms. The smallest absolute Gasteiger partial charge is 0.305 e. The van der Waals surface area contributed by atoms with Crippen molar-refractivity contribution in [1.29, 1.82) is 0 Å². The minimum Gasteiger partial charge on any atom is -0.481 e. The Labute approximate surface area is 117 Å². The predicted molar refractivity (Wildman–Crippen MR) is 76.1 cm³/mol. The Morgan fingerprint density at radius 1 is 1.32 bits per heavy atom. The molecule has 0 saturated heterocycles. The van der Waals surface area contributed by atoms with Crippen molar-refractivity contribution in [3.05, 3.63) is 35.4 Å². The lowest BCUT2D eigenvalue weighted by molar-refractivity contribution is -0.137. The van der Waals surface area contributed by atoms with Gasteiger partial charge in [-0.1, -0.05) is 24.4 Å². The number of carboxylic acids is 1. The number of hydrogen-bond acceptors (Lipinski definition) is 3. The van der Waals surface area contributed by atoms with Gasteiger partial charge in [0.2, 0.25) is 0 Å². The molecule has 0 aliphatic carbocycles. The van der Waals surface area contributed by atoms with E-state index in [2.05, 4.69) is 0 Å². The highest BCUT2D eigenvalue weighted by atomic mass is 32.1. The molecule has 0 unspecified atom stereocenters. The van der Waals surface area contributed by atoms with E-state index in [4.69, 9.17) is 23.1 Å². The number of carbonyl (C=O) groups is 2. The fourth-order valence-electron chi connectivity index (χ4n) is 1.55. The maximum Gasteiger partial charge on any atom is 0.305 e. The number of nitrogens with zero attached hydrogens (tertiary/aromatic N) is 1. The van der Waals surface area contributed by atoms with Crippen molar-refractivity contribution in [2.45, 2.75) is 12.8 Å². The highest BCUT2D eigenvalue weighted by Gasteiger charge is 2.12. The Bertz CT molecular complexity index is 485. The molecule has 0 aliphatic rings. The van der Waals surface area contributed by atoms with E-state index in [-0.39, 0.29) is 18.9 Å². The summed E-state index contributed by atoms with van der Waals surface area (Å²) in [5.41, 5.74) is 6.89. The molecule has 0 heterocycles. The summed E-state index contributed by atoms with van der Waals surface area (Å²) in [4.78, 5) is 24.2. The Morgan fingerprint density at radius 2 is 1.89 bits per heavy atom. The maximum absolute atomic E-state index is 12.0. The quantitative estimate of drug-likeness (QED) is 0.761. The van der Waals surface area contributed by atoms with Crippen molar-refractivity contribution in [1.82, 2.24) is 4.90 Å². The number of nitrogens with two attached hydrogens (primary N) is 1. The number of amides is 1. The topological polar surface area (TPSA) is 83.6 Å². The van der Waals surface area contributed by atoms with Crippen molar-refractivity contribution in [2.75, 3.05) is 13.6 Å². The zero-order valence-electron chi connectivity index (χ0n) is 10.6. The predicted octanol–water partition coefficient (Wildman–Crippen LogP) is 1.06. The van der Waals surface area contributed by atoms with Gasteiger partial charge < -0.3 is 15.7 Å². The van der Waals surface area contributed by atoms with E-state index >= 15 is 0 Å². The van der Waals surface area contributed by atoms with E-state index in [1.165, 1.54) is 4.90 Å². The number of rotatable bonds is 6. The van der Waals surface area contributed by atoms with E-state index in [1.54, 1.807) is 31.3 Å². The summed E-state index contributed by atoms with van der Waals surface area (Å²) in [7, 11) is 1.58. The first-order valence-electron chi connectivity index (χ1n) is 5.74. The van der Waals surface area contributed by atoms with Crippen LogP contribution < -0.4 is 5.73 Å². The third kappa shape index (κ3) is 5.05. The van der Waals surface area contributed by atoms with Crippen LogP contribution in [-0.2, 0) is 11.2 Å². The van der Waals surface area contributed by atoms with E-state index in [0.717, 1.165) is 5.56 Å². The fourth-order valence-corrected chi connectivity index (χ4v) is 1.72. The summed E-state index contributed by atoms with van der Waals surface area (Å²) in [5.74, 6) is -1.13. The molecule has 0 aliphatic heterocycles. The average molecular weight is 280 g/mol. The largest absolute Gasteiger partial charge is 0.481 e. The number of thiocarbonyl (C=S) groups is 1. The average Bonchev–Trinajstić information content (AvgIpc) is 2.35. The number of aliphatic carboxylic acids is 1. The lowest BCUT2D eigenvalue weighted by Gasteiger charge is -2.16. The lowest BCUT2D eigenvalue weighted by Crippen LogP contribution is -2.29. The molecule has 0 bridgehead atoms. The maximum atomic E-state index is 12.0. The van der Waals surface area contributed by atoms with Crippen LogP contribution >= 0.6 is 12.2 Å². The standard InChI is InChI=1S/C13H16N2O3S/c1-15(7-6-12(16)17)13(18)10-4-2-9(3-5-10)8-11(14)19/h2-5H,6-8H2,1H3,(H2,14,19)(H,16,17). The number of benzene rings is 1. The van der Waals surface area contributed by atoms with Gasteiger partial charge >= 0.3 is 5.97 Å². The van der Waals surface area contributed by atoms with Gasteiger partial charge in [0, 0.05) is 25.6 Å². The summed E-state index contributed by atoms with van der Waals surface area (Å²) >= 11 is 4.81. The fraction of sp³-hybridized carbons (Fsp3) is 0.308. The van der Waals surface area contributed by atoms with Gasteiger partial charge in [-0.15, -0.1) is 0 Å². The van der Waals surface area contributed by atoms with E-state index in [0.29, 0.717) is 17.0 Å². The molecule has 0 aromatic heterocycles. The van der Waals surface area contributed by atoms with Crippen LogP contribution in [0.1, 0.15) is 22.3 Å². The molecule has 5 nitrogen and oxygen atoms in total. The summed E-state index contributed by atoms with van der Waals surface area (Å²) in [5, 5.41) is 8.57. The van der Waals surface area contributed by atoms with Crippen LogP contribution in [0, 0.1) is 0 Å². The van der Waals surface area contributed by atoms with Gasteiger partial charge in [0.25, 0.3) is 5.91 Å². The van der Waals surface area contributed by atoms with E-state index < -0.39 is 5.97 Å². The molecule has 0 saturated carbocycles. The minimum atomic E-state index is -0.925.